The first-order valence-electron chi connectivity index (χ1n) is 19.9. The van der Waals surface area contributed by atoms with E-state index < -0.39 is 12.1 Å². The Kier molecular flexibility index (Phi) is 13.0. The molecule has 6 aromatic carbocycles. The lowest BCUT2D eigenvalue weighted by Crippen LogP contribution is -2.19. The van der Waals surface area contributed by atoms with Gasteiger partial charge in [0, 0.05) is 58.0 Å². The fraction of sp³-hybridized carbons (Fsp3) is 0.0612. The van der Waals surface area contributed by atoms with Crippen molar-refractivity contribution in [1.82, 2.24) is 9.97 Å². The second-order valence-corrected chi connectivity index (χ2v) is 14.3. The van der Waals surface area contributed by atoms with Crippen molar-refractivity contribution in [3.8, 4) is 46.6 Å². The highest BCUT2D eigenvalue weighted by molar-refractivity contribution is 6.00. The molecule has 66 heavy (non-hydrogen) atoms. The van der Waals surface area contributed by atoms with Crippen LogP contribution in [0, 0.1) is 34.3 Å². The maximum Gasteiger partial charge on any atom is 0.323 e. The zero-order chi connectivity index (χ0) is 46.0. The van der Waals surface area contributed by atoms with Gasteiger partial charge in [0.1, 0.15) is 71.0 Å². The number of carbonyl (C=O) groups is 2. The predicted octanol–water partition coefficient (Wildman–Crippen LogP) is 10.8. The molecule has 2 aromatic heterocycles. The topological polar surface area (TPSA) is 216 Å². The number of hydrogen-bond donors (Lipinski definition) is 5. The number of nitriles is 2. The van der Waals surface area contributed by atoms with E-state index in [1.807, 2.05) is 6.07 Å². The van der Waals surface area contributed by atoms with Crippen LogP contribution in [0.1, 0.15) is 11.1 Å². The summed E-state index contributed by atoms with van der Waals surface area (Å²) in [4.78, 5) is 32.8. The van der Waals surface area contributed by atoms with Crippen molar-refractivity contribution >= 4 is 56.6 Å². The summed E-state index contributed by atoms with van der Waals surface area (Å²) in [7, 11) is 0. The van der Waals surface area contributed by atoms with Gasteiger partial charge >= 0.3 is 12.1 Å². The van der Waals surface area contributed by atoms with Gasteiger partial charge in [0.15, 0.2) is 0 Å². The summed E-state index contributed by atoms with van der Waals surface area (Å²) in [6.45, 7) is 1.05. The molecule has 0 spiro atoms. The Balaban J connectivity index is 0.000000181. The summed E-state index contributed by atoms with van der Waals surface area (Å²) in [5.41, 5.74) is 3.63. The van der Waals surface area contributed by atoms with Crippen molar-refractivity contribution in [1.29, 1.82) is 10.5 Å². The Labute approximate surface area is 374 Å². The highest BCUT2D eigenvalue weighted by atomic mass is 19.1. The molecule has 1 aliphatic heterocycles. The number of pyridine rings is 2. The van der Waals surface area contributed by atoms with Crippen LogP contribution in [0.4, 0.5) is 41.1 Å². The molecule has 1 aliphatic rings. The summed E-state index contributed by atoms with van der Waals surface area (Å²) < 4.78 is 48.7. The van der Waals surface area contributed by atoms with Crippen molar-refractivity contribution in [2.75, 3.05) is 34.5 Å². The number of halogens is 2. The number of urea groups is 2. The van der Waals surface area contributed by atoms with Crippen LogP contribution in [-0.4, -0.2) is 46.5 Å². The van der Waals surface area contributed by atoms with E-state index >= 15 is 0 Å². The number of phenols is 1. The van der Waals surface area contributed by atoms with Gasteiger partial charge in [-0.2, -0.15) is 10.5 Å². The van der Waals surface area contributed by atoms with E-state index in [1.165, 1.54) is 60.7 Å². The lowest BCUT2D eigenvalue weighted by atomic mass is 10.1. The largest absolute Gasteiger partial charge is 0.506 e. The molecule has 0 saturated carbocycles. The molecule has 17 heteroatoms. The first-order valence-corrected chi connectivity index (χ1v) is 19.9. The fourth-order valence-electron chi connectivity index (χ4n) is 6.25. The Bertz CT molecular complexity index is 3140. The van der Waals surface area contributed by atoms with Gasteiger partial charge < -0.3 is 45.3 Å². The number of fused-ring (bicyclic) bond motifs is 2. The number of ether oxygens (including phenoxy) is 4. The third kappa shape index (κ3) is 11.2. The highest BCUT2D eigenvalue weighted by Gasteiger charge is 2.24. The molecule has 0 radical (unpaired) electrons. The molecule has 326 valence electrons. The lowest BCUT2D eigenvalue weighted by molar-refractivity contribution is 0.261. The van der Waals surface area contributed by atoms with Crippen LogP contribution in [0.2, 0.25) is 0 Å². The van der Waals surface area contributed by atoms with Crippen molar-refractivity contribution in [3.05, 3.63) is 169 Å². The van der Waals surface area contributed by atoms with Crippen LogP contribution in [0.15, 0.2) is 146 Å². The first kappa shape index (κ1) is 43.3. The zero-order valence-corrected chi connectivity index (χ0v) is 34.3. The number of hydrogen-bond acceptors (Lipinski definition) is 11. The summed E-state index contributed by atoms with van der Waals surface area (Å²) in [6.07, 6.45) is 3.23. The molecule has 8 aromatic rings. The van der Waals surface area contributed by atoms with Gasteiger partial charge in [-0.3, -0.25) is 9.97 Å². The zero-order valence-electron chi connectivity index (χ0n) is 34.3. The van der Waals surface area contributed by atoms with Crippen LogP contribution >= 0.6 is 0 Å². The molecule has 1 atom stereocenters. The van der Waals surface area contributed by atoms with Crippen molar-refractivity contribution in [3.63, 3.8) is 0 Å². The van der Waals surface area contributed by atoms with E-state index in [9.17, 15) is 28.7 Å². The van der Waals surface area contributed by atoms with E-state index in [4.69, 9.17) is 24.2 Å². The lowest BCUT2D eigenvalue weighted by Gasteiger charge is -2.12. The minimum absolute atomic E-state index is 0.0753. The summed E-state index contributed by atoms with van der Waals surface area (Å²) in [5, 5.41) is 40.4. The van der Waals surface area contributed by atoms with Gasteiger partial charge in [-0.1, -0.05) is 0 Å². The fourth-order valence-corrected chi connectivity index (χ4v) is 6.25. The quantitative estimate of drug-likeness (QED) is 0.0770. The molecule has 15 nitrogen and oxygen atoms in total. The molecule has 0 unspecified atom stereocenters. The number of benzene rings is 6. The van der Waals surface area contributed by atoms with E-state index in [-0.39, 0.29) is 29.1 Å². The smallest absolute Gasteiger partial charge is 0.323 e. The number of carbonyl (C=O) groups excluding carboxylic acids is 2. The van der Waals surface area contributed by atoms with E-state index in [0.717, 1.165) is 0 Å². The van der Waals surface area contributed by atoms with Gasteiger partial charge in [-0.05, 0) is 121 Å². The number of epoxide rings is 1. The monoisotopic (exact) mass is 884 g/mol. The summed E-state index contributed by atoms with van der Waals surface area (Å²) in [5.74, 6) is 1.58. The SMILES string of the molecule is N#Cc1cc2c(Oc3ccc(NC(=O)Nc4ccc(F)cc4)cc3)ccnc2cc1O.N#Cc1cc2c(Oc3ccc(NC(=O)Nc4ccc(F)cc4)cc3)ccnc2cc1OC[C@H]1CO1. The molecule has 5 N–H and O–H groups in total. The highest BCUT2D eigenvalue weighted by Crippen LogP contribution is 2.35. The molecular weight excluding hydrogens is 851 g/mol. The number of aromatic hydroxyl groups is 1. The molecule has 1 saturated heterocycles. The Morgan fingerprint density at radius 2 is 1.02 bits per heavy atom. The minimum Gasteiger partial charge on any atom is -0.506 e. The standard InChI is InChI=1S/C26H19FN4O4.C23H15FN4O3/c27-17-1-3-18(4-2-17)30-26(32)31-19-5-7-20(8-6-19)35-24-9-10-29-23-12-25(34-15-21-14-33-21)16(13-28)11-22(23)24;24-15-1-3-16(4-2-15)27-23(30)28-17-5-7-18(8-6-17)31-22-9-10-26-20-12-21(29)14(13-25)11-19(20)22/h1-12,21H,14-15H2,(H2,30,31,32);1-12,29H,(H2,27,28,30)/t21-;/m1./s1. The van der Waals surface area contributed by atoms with Crippen LogP contribution in [0.3, 0.4) is 0 Å². The number of amides is 4. The van der Waals surface area contributed by atoms with E-state index in [2.05, 4.69) is 37.3 Å². The number of nitrogens with zero attached hydrogens (tertiary/aromatic N) is 4. The van der Waals surface area contributed by atoms with Crippen molar-refractivity contribution in [2.45, 2.75) is 6.10 Å². The average Bonchev–Trinajstić information content (AvgIpc) is 4.16. The second-order valence-electron chi connectivity index (χ2n) is 14.3. The molecule has 0 aliphatic carbocycles. The molecule has 1 fully saturated rings. The number of nitrogens with one attached hydrogen (secondary N) is 4. The van der Waals surface area contributed by atoms with Crippen LogP contribution in [0.25, 0.3) is 21.8 Å². The van der Waals surface area contributed by atoms with E-state index in [1.54, 1.807) is 85.2 Å². The Hall–Kier alpha value is -9.32. The normalized spacial score (nSPS) is 12.3. The minimum atomic E-state index is -0.468. The number of anilines is 4. The number of phenolic OH excluding ortho intramolecular Hbond substituents is 1. The van der Waals surface area contributed by atoms with Gasteiger partial charge in [-0.25, -0.2) is 18.4 Å². The van der Waals surface area contributed by atoms with Gasteiger partial charge in [0.25, 0.3) is 0 Å². The third-order valence-corrected chi connectivity index (χ3v) is 9.57. The average molecular weight is 885 g/mol. The third-order valence-electron chi connectivity index (χ3n) is 9.57. The maximum atomic E-state index is 13.0. The molecule has 0 bridgehead atoms. The maximum absolute atomic E-state index is 13.0. The van der Waals surface area contributed by atoms with Gasteiger partial charge in [0.2, 0.25) is 0 Å². The van der Waals surface area contributed by atoms with Crippen molar-refractivity contribution < 1.29 is 42.4 Å². The first-order chi connectivity index (χ1) is 32.1. The van der Waals surface area contributed by atoms with Crippen LogP contribution in [-0.2, 0) is 4.74 Å². The number of rotatable bonds is 11. The predicted molar refractivity (Wildman–Crippen MR) is 241 cm³/mol. The second kappa shape index (κ2) is 19.8. The van der Waals surface area contributed by atoms with Crippen LogP contribution in [0.5, 0.6) is 34.5 Å². The number of aromatic nitrogens is 2. The van der Waals surface area contributed by atoms with E-state index in [0.29, 0.717) is 92.1 Å². The summed E-state index contributed by atoms with van der Waals surface area (Å²) >= 11 is 0. The molecule has 4 amide bonds. The Morgan fingerprint density at radius 1 is 0.606 bits per heavy atom. The van der Waals surface area contributed by atoms with Gasteiger partial charge in [-0.15, -0.1) is 0 Å². The van der Waals surface area contributed by atoms with Gasteiger partial charge in [0.05, 0.1) is 28.8 Å². The molecule has 3 heterocycles. The molecule has 9 rings (SSSR count). The Morgan fingerprint density at radius 3 is 1.44 bits per heavy atom. The van der Waals surface area contributed by atoms with Crippen molar-refractivity contribution in [2.24, 2.45) is 0 Å². The molecular formula is C49H34F2N8O7. The van der Waals surface area contributed by atoms with Crippen LogP contribution < -0.4 is 35.5 Å². The summed E-state index contributed by atoms with van der Waals surface area (Å²) in [6, 6.07) is 37.2.